The third-order valence-corrected chi connectivity index (χ3v) is 4.09. The lowest BCUT2D eigenvalue weighted by Gasteiger charge is -2.28. The van der Waals surface area contributed by atoms with Crippen LogP contribution < -0.4 is 10.6 Å². The summed E-state index contributed by atoms with van der Waals surface area (Å²) in [5, 5.41) is 10.4. The zero-order valence-corrected chi connectivity index (χ0v) is 13.5. The van der Waals surface area contributed by atoms with E-state index in [-0.39, 0.29) is 11.9 Å². The third-order valence-electron chi connectivity index (χ3n) is 4.09. The standard InChI is InChI=1S/C18H16N6O/c1-12-15(17(25)23-14-5-3-2-4-6-14)16(13-7-9-19-10-8-13)24-18(22-12)20-11-21-24/h2-11,16H,1H3,(H,23,25)(H,20,21,22)/t16-/m1/s1. The molecule has 0 saturated heterocycles. The van der Waals surface area contributed by atoms with Gasteiger partial charge in [-0.05, 0) is 36.8 Å². The molecule has 2 N–H and O–H groups in total. The maximum Gasteiger partial charge on any atom is 0.255 e. The highest BCUT2D eigenvalue weighted by Gasteiger charge is 2.33. The average molecular weight is 332 g/mol. The van der Waals surface area contributed by atoms with Crippen molar-refractivity contribution in [3.8, 4) is 0 Å². The second-order valence-electron chi connectivity index (χ2n) is 5.70. The maximum atomic E-state index is 13.0. The molecule has 0 saturated carbocycles. The molecule has 0 spiro atoms. The Kier molecular flexibility index (Phi) is 3.74. The number of hydrogen-bond donors (Lipinski definition) is 2. The van der Waals surface area contributed by atoms with Crippen LogP contribution in [0.1, 0.15) is 18.5 Å². The lowest BCUT2D eigenvalue weighted by molar-refractivity contribution is -0.113. The summed E-state index contributed by atoms with van der Waals surface area (Å²) in [6.07, 6.45) is 4.88. The molecule has 1 atom stereocenters. The van der Waals surface area contributed by atoms with Gasteiger partial charge < -0.3 is 10.6 Å². The molecule has 1 aliphatic heterocycles. The summed E-state index contributed by atoms with van der Waals surface area (Å²) in [4.78, 5) is 21.3. The molecule has 7 heteroatoms. The molecule has 0 radical (unpaired) electrons. The van der Waals surface area contributed by atoms with E-state index in [1.54, 1.807) is 17.1 Å². The number of nitrogens with one attached hydrogen (secondary N) is 2. The van der Waals surface area contributed by atoms with Crippen molar-refractivity contribution in [3.05, 3.63) is 78.0 Å². The number of carbonyl (C=O) groups excluding carboxylic acids is 1. The molecule has 3 heterocycles. The topological polar surface area (TPSA) is 84.7 Å². The number of benzene rings is 1. The Morgan fingerprint density at radius 2 is 1.92 bits per heavy atom. The minimum absolute atomic E-state index is 0.181. The summed E-state index contributed by atoms with van der Waals surface area (Å²) in [7, 11) is 0. The Labute approximate surface area is 144 Å². The lowest BCUT2D eigenvalue weighted by Crippen LogP contribution is -2.31. The molecule has 1 aromatic carbocycles. The van der Waals surface area contributed by atoms with Crippen LogP contribution in [0, 0.1) is 0 Å². The molecule has 0 unspecified atom stereocenters. The molecule has 0 fully saturated rings. The van der Waals surface area contributed by atoms with Gasteiger partial charge in [-0.25, -0.2) is 4.68 Å². The van der Waals surface area contributed by atoms with Crippen molar-refractivity contribution in [2.45, 2.75) is 13.0 Å². The predicted molar refractivity (Wildman–Crippen MR) is 93.8 cm³/mol. The molecule has 25 heavy (non-hydrogen) atoms. The highest BCUT2D eigenvalue weighted by Crippen LogP contribution is 2.34. The van der Waals surface area contributed by atoms with E-state index in [1.807, 2.05) is 49.4 Å². The second kappa shape index (κ2) is 6.20. The molecule has 1 aliphatic rings. The number of fused-ring (bicyclic) bond motifs is 1. The number of pyridine rings is 1. The van der Waals surface area contributed by atoms with Crippen LogP contribution in [0.15, 0.2) is 72.5 Å². The highest BCUT2D eigenvalue weighted by molar-refractivity contribution is 6.05. The number of para-hydroxylation sites is 1. The SMILES string of the molecule is CC1=C(C(=O)Nc2ccccc2)[C@@H](c2ccncc2)n2ncnc2N1. The monoisotopic (exact) mass is 332 g/mol. The Morgan fingerprint density at radius 1 is 1.16 bits per heavy atom. The van der Waals surface area contributed by atoms with Crippen molar-refractivity contribution in [2.24, 2.45) is 0 Å². The molecule has 7 nitrogen and oxygen atoms in total. The van der Waals surface area contributed by atoms with Gasteiger partial charge in [-0.2, -0.15) is 10.1 Å². The first kappa shape index (κ1) is 15.1. The van der Waals surface area contributed by atoms with Crippen molar-refractivity contribution in [2.75, 3.05) is 10.6 Å². The van der Waals surface area contributed by atoms with E-state index in [2.05, 4.69) is 25.7 Å². The van der Waals surface area contributed by atoms with Crippen LogP contribution in [0.25, 0.3) is 0 Å². The Balaban J connectivity index is 1.77. The van der Waals surface area contributed by atoms with Gasteiger partial charge >= 0.3 is 0 Å². The maximum absolute atomic E-state index is 13.0. The van der Waals surface area contributed by atoms with Crippen molar-refractivity contribution < 1.29 is 4.79 Å². The fraction of sp³-hybridized carbons (Fsp3) is 0.111. The van der Waals surface area contributed by atoms with Crippen molar-refractivity contribution in [1.29, 1.82) is 0 Å². The van der Waals surface area contributed by atoms with Gasteiger partial charge in [0.2, 0.25) is 5.95 Å². The van der Waals surface area contributed by atoms with Crippen LogP contribution in [-0.2, 0) is 4.79 Å². The first-order valence-corrected chi connectivity index (χ1v) is 7.87. The minimum atomic E-state index is -0.370. The molecule has 4 rings (SSSR count). The molecular weight excluding hydrogens is 316 g/mol. The number of rotatable bonds is 3. The van der Waals surface area contributed by atoms with Gasteiger partial charge in [0.15, 0.2) is 0 Å². The summed E-state index contributed by atoms with van der Waals surface area (Å²) in [6.45, 7) is 1.87. The van der Waals surface area contributed by atoms with Crippen LogP contribution in [0.3, 0.4) is 0 Å². The number of anilines is 2. The predicted octanol–water partition coefficient (Wildman–Crippen LogP) is 2.60. The van der Waals surface area contributed by atoms with Crippen molar-refractivity contribution in [3.63, 3.8) is 0 Å². The zero-order valence-electron chi connectivity index (χ0n) is 13.5. The van der Waals surface area contributed by atoms with Gasteiger partial charge in [-0.3, -0.25) is 9.78 Å². The molecule has 124 valence electrons. The summed E-state index contributed by atoms with van der Waals surface area (Å²) in [5.41, 5.74) is 3.00. The van der Waals surface area contributed by atoms with Crippen LogP contribution in [0.2, 0.25) is 0 Å². The van der Waals surface area contributed by atoms with Gasteiger partial charge in [0.25, 0.3) is 5.91 Å². The van der Waals surface area contributed by atoms with E-state index in [0.29, 0.717) is 11.5 Å². The van der Waals surface area contributed by atoms with Crippen LogP contribution >= 0.6 is 0 Å². The van der Waals surface area contributed by atoms with E-state index >= 15 is 0 Å². The third kappa shape index (κ3) is 2.76. The van der Waals surface area contributed by atoms with E-state index in [9.17, 15) is 4.79 Å². The molecule has 2 aromatic heterocycles. The van der Waals surface area contributed by atoms with Crippen LogP contribution in [0.4, 0.5) is 11.6 Å². The Morgan fingerprint density at radius 3 is 2.68 bits per heavy atom. The van der Waals surface area contributed by atoms with E-state index < -0.39 is 0 Å². The Bertz CT molecular complexity index is 932. The molecular formula is C18H16N6O. The number of nitrogens with zero attached hydrogens (tertiary/aromatic N) is 4. The van der Waals surface area contributed by atoms with E-state index in [1.165, 1.54) is 6.33 Å². The summed E-state index contributed by atoms with van der Waals surface area (Å²) in [6, 6.07) is 12.8. The molecule has 3 aromatic rings. The number of aromatic nitrogens is 4. The lowest BCUT2D eigenvalue weighted by atomic mass is 9.96. The van der Waals surface area contributed by atoms with E-state index in [0.717, 1.165) is 16.9 Å². The largest absolute Gasteiger partial charge is 0.328 e. The smallest absolute Gasteiger partial charge is 0.255 e. The average Bonchev–Trinajstić information content (AvgIpc) is 3.10. The van der Waals surface area contributed by atoms with Crippen LogP contribution in [-0.4, -0.2) is 25.7 Å². The normalized spacial score (nSPS) is 16.1. The second-order valence-corrected chi connectivity index (χ2v) is 5.70. The fourth-order valence-electron chi connectivity index (χ4n) is 2.96. The molecule has 0 bridgehead atoms. The van der Waals surface area contributed by atoms with Crippen LogP contribution in [0.5, 0.6) is 0 Å². The number of amides is 1. The van der Waals surface area contributed by atoms with Gasteiger partial charge in [-0.15, -0.1) is 0 Å². The van der Waals surface area contributed by atoms with Gasteiger partial charge in [0.1, 0.15) is 12.4 Å². The van der Waals surface area contributed by atoms with Gasteiger partial charge in [0, 0.05) is 23.8 Å². The quantitative estimate of drug-likeness (QED) is 0.770. The molecule has 1 amide bonds. The Hall–Kier alpha value is -3.48. The number of hydrogen-bond acceptors (Lipinski definition) is 5. The van der Waals surface area contributed by atoms with Gasteiger partial charge in [-0.1, -0.05) is 18.2 Å². The number of carbonyl (C=O) groups is 1. The highest BCUT2D eigenvalue weighted by atomic mass is 16.1. The fourth-order valence-corrected chi connectivity index (χ4v) is 2.96. The number of allylic oxidation sites excluding steroid dienone is 1. The first-order chi connectivity index (χ1) is 12.2. The van der Waals surface area contributed by atoms with Crippen molar-refractivity contribution >= 4 is 17.5 Å². The summed E-state index contributed by atoms with van der Waals surface area (Å²) < 4.78 is 1.71. The first-order valence-electron chi connectivity index (χ1n) is 7.87. The van der Waals surface area contributed by atoms with Gasteiger partial charge in [0.05, 0.1) is 5.57 Å². The van der Waals surface area contributed by atoms with Crippen molar-refractivity contribution in [1.82, 2.24) is 19.7 Å². The summed E-state index contributed by atoms with van der Waals surface area (Å²) >= 11 is 0. The van der Waals surface area contributed by atoms with E-state index in [4.69, 9.17) is 0 Å². The summed E-state index contributed by atoms with van der Waals surface area (Å²) in [5.74, 6) is 0.426. The molecule has 0 aliphatic carbocycles. The minimum Gasteiger partial charge on any atom is -0.328 e. The zero-order chi connectivity index (χ0) is 17.2.